The molecule has 0 heterocycles. The van der Waals surface area contributed by atoms with Gasteiger partial charge in [-0.25, -0.2) is 8.42 Å². The van der Waals surface area contributed by atoms with Gasteiger partial charge in [0.2, 0.25) is 0 Å². The van der Waals surface area contributed by atoms with Crippen LogP contribution < -0.4 is 10.1 Å². The summed E-state index contributed by atoms with van der Waals surface area (Å²) in [7, 11) is -2.85. The molecule has 1 N–H and O–H groups in total. The summed E-state index contributed by atoms with van der Waals surface area (Å²) in [6, 6.07) is 10.1. The molecule has 0 spiro atoms. The van der Waals surface area contributed by atoms with Gasteiger partial charge in [-0.2, -0.15) is 0 Å². The van der Waals surface area contributed by atoms with Crippen LogP contribution in [-0.4, -0.2) is 39.1 Å². The van der Waals surface area contributed by atoms with E-state index in [4.69, 9.17) is 4.74 Å². The van der Waals surface area contributed by atoms with E-state index in [1.807, 2.05) is 30.3 Å². The van der Waals surface area contributed by atoms with Gasteiger partial charge >= 0.3 is 0 Å². The van der Waals surface area contributed by atoms with Crippen LogP contribution in [0.4, 0.5) is 0 Å². The molecule has 1 aromatic rings. The number of hydrogen-bond donors (Lipinski definition) is 1. The van der Waals surface area contributed by atoms with E-state index >= 15 is 0 Å². The lowest BCUT2D eigenvalue weighted by Gasteiger charge is -2.18. The van der Waals surface area contributed by atoms with Crippen molar-refractivity contribution in [2.45, 2.75) is 39.2 Å². The molecule has 0 aliphatic heterocycles. The molecule has 0 aliphatic rings. The van der Waals surface area contributed by atoms with E-state index in [-0.39, 0.29) is 11.5 Å². The Morgan fingerprint density at radius 2 is 1.86 bits per heavy atom. The number of hydrogen-bond acceptors (Lipinski definition) is 4. The van der Waals surface area contributed by atoms with E-state index in [1.54, 1.807) is 6.92 Å². The van der Waals surface area contributed by atoms with Gasteiger partial charge < -0.3 is 10.1 Å². The molecule has 0 radical (unpaired) electrons. The van der Waals surface area contributed by atoms with Crippen LogP contribution in [0.2, 0.25) is 0 Å². The van der Waals surface area contributed by atoms with Crippen molar-refractivity contribution >= 4 is 9.84 Å². The second-order valence-electron chi connectivity index (χ2n) is 5.08. The first-order chi connectivity index (χ1) is 10.1. The van der Waals surface area contributed by atoms with Crippen LogP contribution in [0.1, 0.15) is 33.1 Å². The molecule has 1 rings (SSSR count). The Balaban J connectivity index is 2.29. The van der Waals surface area contributed by atoms with Crippen LogP contribution in [0.3, 0.4) is 0 Å². The molecule has 0 saturated heterocycles. The molecule has 5 heteroatoms. The molecule has 1 atom stereocenters. The number of sulfone groups is 1. The monoisotopic (exact) mass is 313 g/mol. The van der Waals surface area contributed by atoms with Gasteiger partial charge in [0.15, 0.2) is 0 Å². The zero-order valence-electron chi connectivity index (χ0n) is 13.0. The second-order valence-corrected chi connectivity index (χ2v) is 7.56. The van der Waals surface area contributed by atoms with Crippen molar-refractivity contribution in [2.24, 2.45) is 0 Å². The van der Waals surface area contributed by atoms with Crippen molar-refractivity contribution in [1.82, 2.24) is 5.32 Å². The fraction of sp³-hybridized carbons (Fsp3) is 0.625. The summed E-state index contributed by atoms with van der Waals surface area (Å²) in [5.41, 5.74) is 0. The zero-order chi connectivity index (χ0) is 15.6. The van der Waals surface area contributed by atoms with Crippen molar-refractivity contribution < 1.29 is 13.2 Å². The lowest BCUT2D eigenvalue weighted by Crippen LogP contribution is -2.31. The number of para-hydroxylation sites is 1. The minimum atomic E-state index is -2.85. The second kappa shape index (κ2) is 9.79. The summed E-state index contributed by atoms with van der Waals surface area (Å²) in [6.07, 6.45) is 2.46. The number of nitrogens with one attached hydrogen (secondary N) is 1. The largest absolute Gasteiger partial charge is 0.494 e. The predicted molar refractivity (Wildman–Crippen MR) is 87.6 cm³/mol. The van der Waals surface area contributed by atoms with Gasteiger partial charge in [0.25, 0.3) is 0 Å². The molecule has 0 bridgehead atoms. The summed E-state index contributed by atoms with van der Waals surface area (Å²) >= 11 is 0. The maximum Gasteiger partial charge on any atom is 0.150 e. The van der Waals surface area contributed by atoms with Crippen molar-refractivity contribution in [3.63, 3.8) is 0 Å². The van der Waals surface area contributed by atoms with Crippen molar-refractivity contribution in [3.8, 4) is 5.75 Å². The van der Waals surface area contributed by atoms with Crippen LogP contribution >= 0.6 is 0 Å². The Morgan fingerprint density at radius 3 is 2.48 bits per heavy atom. The van der Waals surface area contributed by atoms with E-state index < -0.39 is 9.84 Å². The highest BCUT2D eigenvalue weighted by Crippen LogP contribution is 2.10. The number of rotatable bonds is 11. The summed E-state index contributed by atoms with van der Waals surface area (Å²) < 4.78 is 28.7. The van der Waals surface area contributed by atoms with Gasteiger partial charge in [-0.1, -0.05) is 32.0 Å². The van der Waals surface area contributed by atoms with Gasteiger partial charge in [0.1, 0.15) is 15.6 Å². The van der Waals surface area contributed by atoms with Gasteiger partial charge in [-0.15, -0.1) is 0 Å². The molecule has 1 aromatic carbocycles. The molecule has 120 valence electrons. The van der Waals surface area contributed by atoms with E-state index in [0.29, 0.717) is 19.1 Å². The highest BCUT2D eigenvalue weighted by molar-refractivity contribution is 7.91. The molecule has 21 heavy (non-hydrogen) atoms. The van der Waals surface area contributed by atoms with Crippen LogP contribution in [0.15, 0.2) is 30.3 Å². The molecule has 0 aliphatic carbocycles. The smallest absolute Gasteiger partial charge is 0.150 e. The summed E-state index contributed by atoms with van der Waals surface area (Å²) in [6.45, 7) is 5.29. The summed E-state index contributed by atoms with van der Waals surface area (Å²) in [5, 5.41) is 3.40. The molecular weight excluding hydrogens is 286 g/mol. The molecule has 4 nitrogen and oxygen atoms in total. The van der Waals surface area contributed by atoms with Crippen LogP contribution in [0.25, 0.3) is 0 Å². The Hall–Kier alpha value is -1.07. The predicted octanol–water partition coefficient (Wildman–Crippen LogP) is 2.65. The van der Waals surface area contributed by atoms with E-state index in [2.05, 4.69) is 12.2 Å². The lowest BCUT2D eigenvalue weighted by atomic mass is 10.1. The molecule has 0 fully saturated rings. The standard InChI is InChI=1S/C16H27NO3S/c1-3-17-15(9-8-14-21(18,19)4-2)12-13-20-16-10-6-5-7-11-16/h5-7,10-11,15,17H,3-4,8-9,12-14H2,1-2H3. The minimum Gasteiger partial charge on any atom is -0.494 e. The molecular formula is C16H27NO3S. The average Bonchev–Trinajstić information content (AvgIpc) is 2.48. The third-order valence-electron chi connectivity index (χ3n) is 3.42. The van der Waals surface area contributed by atoms with Gasteiger partial charge in [-0.3, -0.25) is 0 Å². The normalized spacial score (nSPS) is 13.0. The highest BCUT2D eigenvalue weighted by Gasteiger charge is 2.11. The quantitative estimate of drug-likeness (QED) is 0.682. The first-order valence-electron chi connectivity index (χ1n) is 7.69. The van der Waals surface area contributed by atoms with Gasteiger partial charge in [0.05, 0.1) is 12.4 Å². The molecule has 0 amide bonds. The first-order valence-corrected chi connectivity index (χ1v) is 9.51. The van der Waals surface area contributed by atoms with E-state index in [9.17, 15) is 8.42 Å². The number of benzene rings is 1. The lowest BCUT2D eigenvalue weighted by molar-refractivity contribution is 0.281. The van der Waals surface area contributed by atoms with Crippen LogP contribution in [0, 0.1) is 0 Å². The Morgan fingerprint density at radius 1 is 1.14 bits per heavy atom. The third-order valence-corrected chi connectivity index (χ3v) is 5.21. The Kier molecular flexibility index (Phi) is 8.38. The fourth-order valence-corrected chi connectivity index (χ4v) is 3.06. The molecule has 0 saturated carbocycles. The van der Waals surface area contributed by atoms with Crippen molar-refractivity contribution in [2.75, 3.05) is 24.7 Å². The van der Waals surface area contributed by atoms with Gasteiger partial charge in [-0.05, 0) is 37.9 Å². The molecule has 0 aromatic heterocycles. The topological polar surface area (TPSA) is 55.4 Å². The van der Waals surface area contributed by atoms with Gasteiger partial charge in [0, 0.05) is 11.8 Å². The Labute approximate surface area is 128 Å². The maximum atomic E-state index is 11.5. The average molecular weight is 313 g/mol. The Bertz CT molecular complexity index is 474. The minimum absolute atomic E-state index is 0.232. The summed E-state index contributed by atoms with van der Waals surface area (Å²) in [4.78, 5) is 0. The number of ether oxygens (including phenoxy) is 1. The van der Waals surface area contributed by atoms with Crippen LogP contribution in [-0.2, 0) is 9.84 Å². The third kappa shape index (κ3) is 8.07. The van der Waals surface area contributed by atoms with Crippen molar-refractivity contribution in [3.05, 3.63) is 30.3 Å². The zero-order valence-corrected chi connectivity index (χ0v) is 13.9. The SMILES string of the molecule is CCNC(CCCS(=O)(=O)CC)CCOc1ccccc1. The molecule has 1 unspecified atom stereocenters. The fourth-order valence-electron chi connectivity index (χ4n) is 2.17. The van der Waals surface area contributed by atoms with E-state index in [1.165, 1.54) is 0 Å². The van der Waals surface area contributed by atoms with Crippen molar-refractivity contribution in [1.29, 1.82) is 0 Å². The summed E-state index contributed by atoms with van der Waals surface area (Å²) in [5.74, 6) is 1.39. The van der Waals surface area contributed by atoms with E-state index in [0.717, 1.165) is 25.1 Å². The first kappa shape index (κ1) is 18.0. The highest BCUT2D eigenvalue weighted by atomic mass is 32.2. The van der Waals surface area contributed by atoms with Crippen LogP contribution in [0.5, 0.6) is 5.75 Å². The maximum absolute atomic E-state index is 11.5.